The first kappa shape index (κ1) is 20.5. The summed E-state index contributed by atoms with van der Waals surface area (Å²) in [5.74, 6) is -2.03. The average molecular weight is 396 g/mol. The van der Waals surface area contributed by atoms with Crippen molar-refractivity contribution in [2.24, 2.45) is 0 Å². The minimum Gasteiger partial charge on any atom is -0.442 e. The summed E-state index contributed by atoms with van der Waals surface area (Å²) >= 11 is 0. The standard InChI is InChI=1S/C18H23BF2N2O5/c1-10(24)22-8-12-9-23(16(25)26-12)11-6-13(20)15(14(21)7-11)19-27-17(2,3)18(4,5)28-19/h6-7,12H,8-9H2,1-5H3,(H,22,24). The number of nitrogens with zero attached hydrogens (tertiary/aromatic N) is 1. The number of benzene rings is 1. The molecule has 1 aromatic carbocycles. The van der Waals surface area contributed by atoms with Gasteiger partial charge in [-0.2, -0.15) is 0 Å². The minimum absolute atomic E-state index is 0.0191. The van der Waals surface area contributed by atoms with Gasteiger partial charge >= 0.3 is 13.2 Å². The Morgan fingerprint density at radius 2 is 1.75 bits per heavy atom. The van der Waals surface area contributed by atoms with Crippen molar-refractivity contribution in [3.63, 3.8) is 0 Å². The van der Waals surface area contributed by atoms with Crippen LogP contribution in [0.2, 0.25) is 0 Å². The first-order valence-electron chi connectivity index (χ1n) is 8.98. The number of carbonyl (C=O) groups excluding carboxylic acids is 2. The lowest BCUT2D eigenvalue weighted by Gasteiger charge is -2.32. The summed E-state index contributed by atoms with van der Waals surface area (Å²) in [4.78, 5) is 24.2. The van der Waals surface area contributed by atoms with Crippen molar-refractivity contribution >= 4 is 30.3 Å². The predicted octanol–water partition coefficient (Wildman–Crippen LogP) is 1.73. The van der Waals surface area contributed by atoms with E-state index in [1.165, 1.54) is 6.92 Å². The molecule has 3 rings (SSSR count). The largest absolute Gasteiger partial charge is 0.500 e. The molecule has 2 aliphatic rings. The monoisotopic (exact) mass is 396 g/mol. The molecular weight excluding hydrogens is 373 g/mol. The molecule has 0 aliphatic carbocycles. The summed E-state index contributed by atoms with van der Waals surface area (Å²) in [7, 11) is -1.20. The van der Waals surface area contributed by atoms with Crippen molar-refractivity contribution in [1.82, 2.24) is 5.32 Å². The fourth-order valence-corrected chi connectivity index (χ4v) is 3.01. The van der Waals surface area contributed by atoms with E-state index in [0.717, 1.165) is 17.0 Å². The Labute approximate surface area is 162 Å². The molecule has 2 aliphatic heterocycles. The number of halogens is 2. The molecule has 0 saturated carbocycles. The quantitative estimate of drug-likeness (QED) is 0.785. The van der Waals surface area contributed by atoms with Crippen LogP contribution in [0.15, 0.2) is 12.1 Å². The van der Waals surface area contributed by atoms with Crippen LogP contribution >= 0.6 is 0 Å². The van der Waals surface area contributed by atoms with Crippen LogP contribution in [0.25, 0.3) is 0 Å². The molecule has 1 N–H and O–H groups in total. The molecular formula is C18H23BF2N2O5. The molecule has 2 saturated heterocycles. The summed E-state index contributed by atoms with van der Waals surface area (Å²) in [6, 6.07) is 2.09. The molecule has 28 heavy (non-hydrogen) atoms. The molecule has 1 unspecified atom stereocenters. The third kappa shape index (κ3) is 3.71. The van der Waals surface area contributed by atoms with E-state index in [2.05, 4.69) is 5.32 Å². The van der Waals surface area contributed by atoms with Gasteiger partial charge in [0.25, 0.3) is 0 Å². The van der Waals surface area contributed by atoms with Crippen LogP contribution in [-0.4, -0.2) is 49.5 Å². The van der Waals surface area contributed by atoms with E-state index < -0.39 is 42.2 Å². The zero-order valence-electron chi connectivity index (χ0n) is 16.5. The van der Waals surface area contributed by atoms with Gasteiger partial charge in [0.05, 0.1) is 35.4 Å². The van der Waals surface area contributed by atoms with Crippen molar-refractivity contribution in [3.8, 4) is 0 Å². The van der Waals surface area contributed by atoms with E-state index in [9.17, 15) is 18.4 Å². The maximum Gasteiger partial charge on any atom is 0.500 e. The number of hydrogen-bond donors (Lipinski definition) is 1. The minimum atomic E-state index is -1.20. The van der Waals surface area contributed by atoms with Crippen LogP contribution in [0.4, 0.5) is 19.3 Å². The summed E-state index contributed by atoms with van der Waals surface area (Å²) in [5.41, 5.74) is -1.81. The number of amides is 2. The SMILES string of the molecule is CC(=O)NCC1CN(c2cc(F)c(B3OC(C)(C)C(C)(C)O3)c(F)c2)C(=O)O1. The normalized spacial score (nSPS) is 23.1. The topological polar surface area (TPSA) is 77.1 Å². The highest BCUT2D eigenvalue weighted by molar-refractivity contribution is 6.62. The van der Waals surface area contributed by atoms with Gasteiger partial charge in [-0.1, -0.05) is 0 Å². The van der Waals surface area contributed by atoms with Crippen molar-refractivity contribution < 1.29 is 32.4 Å². The highest BCUT2D eigenvalue weighted by atomic mass is 19.1. The molecule has 7 nitrogen and oxygen atoms in total. The zero-order chi connectivity index (χ0) is 20.9. The average Bonchev–Trinajstić information content (AvgIpc) is 3.01. The molecule has 152 valence electrons. The molecule has 2 fully saturated rings. The van der Waals surface area contributed by atoms with E-state index in [4.69, 9.17) is 14.0 Å². The number of anilines is 1. The lowest BCUT2D eigenvalue weighted by atomic mass is 9.78. The molecule has 0 spiro atoms. The van der Waals surface area contributed by atoms with Crippen LogP contribution < -0.4 is 15.7 Å². The molecule has 10 heteroatoms. The lowest BCUT2D eigenvalue weighted by Crippen LogP contribution is -2.41. The molecule has 2 amide bonds. The number of rotatable bonds is 4. The molecule has 1 atom stereocenters. The maximum atomic E-state index is 14.8. The first-order chi connectivity index (χ1) is 12.9. The summed E-state index contributed by atoms with van der Waals surface area (Å²) in [6.45, 7) is 8.66. The van der Waals surface area contributed by atoms with Gasteiger partial charge in [-0.25, -0.2) is 13.6 Å². The van der Waals surface area contributed by atoms with Gasteiger partial charge in [-0.3, -0.25) is 9.69 Å². The smallest absolute Gasteiger partial charge is 0.442 e. The van der Waals surface area contributed by atoms with Crippen molar-refractivity contribution in [1.29, 1.82) is 0 Å². The van der Waals surface area contributed by atoms with Crippen LogP contribution in [0, 0.1) is 11.6 Å². The van der Waals surface area contributed by atoms with Crippen molar-refractivity contribution in [2.45, 2.75) is 51.9 Å². The number of nitrogens with one attached hydrogen (secondary N) is 1. The molecule has 2 heterocycles. The second-order valence-electron chi connectivity index (χ2n) is 7.96. The highest BCUT2D eigenvalue weighted by Gasteiger charge is 2.53. The highest BCUT2D eigenvalue weighted by Crippen LogP contribution is 2.37. The Bertz CT molecular complexity index is 778. The Morgan fingerprint density at radius 1 is 1.21 bits per heavy atom. The van der Waals surface area contributed by atoms with Gasteiger partial charge in [-0.05, 0) is 39.8 Å². The van der Waals surface area contributed by atoms with Gasteiger partial charge < -0.3 is 19.4 Å². The van der Waals surface area contributed by atoms with E-state index in [1.54, 1.807) is 27.7 Å². The maximum absolute atomic E-state index is 14.8. The van der Waals surface area contributed by atoms with Crippen LogP contribution in [0.3, 0.4) is 0 Å². The van der Waals surface area contributed by atoms with E-state index >= 15 is 0 Å². The third-order valence-corrected chi connectivity index (χ3v) is 5.32. The molecule has 0 bridgehead atoms. The second kappa shape index (κ2) is 7.00. The Morgan fingerprint density at radius 3 is 2.25 bits per heavy atom. The van der Waals surface area contributed by atoms with Crippen LogP contribution in [0.5, 0.6) is 0 Å². The number of hydrogen-bond acceptors (Lipinski definition) is 5. The van der Waals surface area contributed by atoms with Crippen molar-refractivity contribution in [3.05, 3.63) is 23.8 Å². The van der Waals surface area contributed by atoms with E-state index in [1.807, 2.05) is 0 Å². The molecule has 0 aromatic heterocycles. The van der Waals surface area contributed by atoms with Gasteiger partial charge in [0.2, 0.25) is 5.91 Å². The van der Waals surface area contributed by atoms with Crippen LogP contribution in [-0.2, 0) is 18.8 Å². The van der Waals surface area contributed by atoms with Gasteiger partial charge in [0, 0.05) is 6.92 Å². The first-order valence-corrected chi connectivity index (χ1v) is 8.98. The van der Waals surface area contributed by atoms with Gasteiger partial charge in [0.1, 0.15) is 17.7 Å². The Hall–Kier alpha value is -2.20. The van der Waals surface area contributed by atoms with Gasteiger partial charge in [-0.15, -0.1) is 0 Å². The summed E-state index contributed by atoms with van der Waals surface area (Å²) in [5, 5.41) is 2.54. The summed E-state index contributed by atoms with van der Waals surface area (Å²) < 4.78 is 46.1. The van der Waals surface area contributed by atoms with E-state index in [-0.39, 0.29) is 30.1 Å². The Balaban J connectivity index is 1.81. The fraction of sp³-hybridized carbons (Fsp3) is 0.556. The molecule has 1 aromatic rings. The predicted molar refractivity (Wildman–Crippen MR) is 98.4 cm³/mol. The lowest BCUT2D eigenvalue weighted by molar-refractivity contribution is -0.119. The van der Waals surface area contributed by atoms with E-state index in [0.29, 0.717) is 0 Å². The van der Waals surface area contributed by atoms with Gasteiger partial charge in [0.15, 0.2) is 0 Å². The fourth-order valence-electron chi connectivity index (χ4n) is 3.01. The number of carbonyl (C=O) groups is 2. The second-order valence-corrected chi connectivity index (χ2v) is 7.96. The Kier molecular flexibility index (Phi) is 5.14. The summed E-state index contributed by atoms with van der Waals surface area (Å²) in [6.07, 6.45) is -1.34. The number of ether oxygens (including phenoxy) is 1. The molecule has 0 radical (unpaired) electrons. The van der Waals surface area contributed by atoms with Crippen LogP contribution in [0.1, 0.15) is 34.6 Å². The van der Waals surface area contributed by atoms with Crippen molar-refractivity contribution in [2.75, 3.05) is 18.0 Å². The number of cyclic esters (lactones) is 1. The third-order valence-electron chi connectivity index (χ3n) is 5.32. The zero-order valence-corrected chi connectivity index (χ0v) is 16.5.